The standard InChI is InChI=1S/C15H18N2O2/c1-2-10-19-17-13-8-4-3-6-11(13)14-12(15(17)18)7-5-9-16-14/h3-4,6,8,16H,2,5,7,9-10H2,1H3. The van der Waals surface area contributed by atoms with Gasteiger partial charge >= 0.3 is 0 Å². The first-order chi connectivity index (χ1) is 9.33. The number of hydrogen-bond donors (Lipinski definition) is 1. The van der Waals surface area contributed by atoms with Gasteiger partial charge in [-0.1, -0.05) is 25.1 Å². The Morgan fingerprint density at radius 1 is 1.37 bits per heavy atom. The molecule has 0 aliphatic carbocycles. The lowest BCUT2D eigenvalue weighted by Gasteiger charge is -2.22. The molecular formula is C15H18N2O2. The van der Waals surface area contributed by atoms with Crippen LogP contribution in [0, 0.1) is 0 Å². The molecule has 0 spiro atoms. The lowest BCUT2D eigenvalue weighted by atomic mass is 10.0. The summed E-state index contributed by atoms with van der Waals surface area (Å²) in [6.45, 7) is 3.51. The van der Waals surface area contributed by atoms with Gasteiger partial charge in [0.05, 0.1) is 11.2 Å². The molecule has 1 N–H and O–H groups in total. The fourth-order valence-corrected chi connectivity index (χ4v) is 2.59. The van der Waals surface area contributed by atoms with Crippen LogP contribution >= 0.6 is 0 Å². The summed E-state index contributed by atoms with van der Waals surface area (Å²) in [6, 6.07) is 7.90. The van der Waals surface area contributed by atoms with Gasteiger partial charge in [0.25, 0.3) is 5.56 Å². The minimum Gasteiger partial charge on any atom is -0.410 e. The molecule has 1 aliphatic heterocycles. The molecule has 2 heterocycles. The monoisotopic (exact) mass is 258 g/mol. The Balaban J connectivity index is 2.29. The largest absolute Gasteiger partial charge is 0.410 e. The van der Waals surface area contributed by atoms with Gasteiger partial charge in [0.15, 0.2) is 0 Å². The number of rotatable bonds is 3. The maximum Gasteiger partial charge on any atom is 0.288 e. The van der Waals surface area contributed by atoms with Gasteiger partial charge in [0.2, 0.25) is 0 Å². The highest BCUT2D eigenvalue weighted by atomic mass is 16.7. The molecule has 1 aromatic heterocycles. The van der Waals surface area contributed by atoms with E-state index in [4.69, 9.17) is 4.84 Å². The summed E-state index contributed by atoms with van der Waals surface area (Å²) in [4.78, 5) is 18.2. The lowest BCUT2D eigenvalue weighted by molar-refractivity contribution is 0.112. The van der Waals surface area contributed by atoms with Gasteiger partial charge in [0, 0.05) is 17.5 Å². The fourth-order valence-electron chi connectivity index (χ4n) is 2.59. The van der Waals surface area contributed by atoms with Crippen molar-refractivity contribution < 1.29 is 4.84 Å². The summed E-state index contributed by atoms with van der Waals surface area (Å²) >= 11 is 0. The van der Waals surface area contributed by atoms with Gasteiger partial charge in [-0.2, -0.15) is 0 Å². The highest BCUT2D eigenvalue weighted by molar-refractivity contribution is 5.93. The van der Waals surface area contributed by atoms with Crippen molar-refractivity contribution in [1.82, 2.24) is 4.73 Å². The number of anilines is 1. The van der Waals surface area contributed by atoms with E-state index in [0.29, 0.717) is 6.61 Å². The SMILES string of the molecule is CCCOn1c(=O)c2c(c3ccccc31)NCCC2. The molecule has 1 aliphatic rings. The van der Waals surface area contributed by atoms with Gasteiger partial charge in [-0.25, -0.2) is 0 Å². The zero-order valence-corrected chi connectivity index (χ0v) is 11.1. The minimum absolute atomic E-state index is 0.0191. The third-order valence-electron chi connectivity index (χ3n) is 3.47. The van der Waals surface area contributed by atoms with Crippen LogP contribution in [0.5, 0.6) is 0 Å². The number of fused-ring (bicyclic) bond motifs is 3. The summed E-state index contributed by atoms with van der Waals surface area (Å²) in [5.74, 6) is 0. The minimum atomic E-state index is -0.0191. The highest BCUT2D eigenvalue weighted by Crippen LogP contribution is 2.27. The van der Waals surface area contributed by atoms with Crippen molar-refractivity contribution in [2.24, 2.45) is 0 Å². The normalized spacial score (nSPS) is 13.9. The summed E-state index contributed by atoms with van der Waals surface area (Å²) in [7, 11) is 0. The fraction of sp³-hybridized carbons (Fsp3) is 0.400. The number of nitrogens with one attached hydrogen (secondary N) is 1. The Hall–Kier alpha value is -1.97. The number of nitrogens with zero attached hydrogens (tertiary/aromatic N) is 1. The number of aromatic nitrogens is 1. The second-order valence-corrected chi connectivity index (χ2v) is 4.83. The molecular weight excluding hydrogens is 240 g/mol. The third-order valence-corrected chi connectivity index (χ3v) is 3.47. The quantitative estimate of drug-likeness (QED) is 0.917. The van der Waals surface area contributed by atoms with Crippen LogP contribution in [0.2, 0.25) is 0 Å². The lowest BCUT2D eigenvalue weighted by Crippen LogP contribution is -2.33. The second kappa shape index (κ2) is 4.96. The van der Waals surface area contributed by atoms with E-state index >= 15 is 0 Å². The zero-order valence-electron chi connectivity index (χ0n) is 11.1. The third kappa shape index (κ3) is 1.97. The Kier molecular flexibility index (Phi) is 3.15. The molecule has 3 rings (SSSR count). The van der Waals surface area contributed by atoms with Gasteiger partial charge < -0.3 is 10.2 Å². The van der Waals surface area contributed by atoms with Crippen molar-refractivity contribution in [3.8, 4) is 0 Å². The second-order valence-electron chi connectivity index (χ2n) is 4.83. The first kappa shape index (κ1) is 12.1. The van der Waals surface area contributed by atoms with E-state index in [0.717, 1.165) is 48.0 Å². The predicted octanol–water partition coefficient (Wildman–Crippen LogP) is 2.20. The van der Waals surface area contributed by atoms with Crippen LogP contribution < -0.4 is 15.7 Å². The van der Waals surface area contributed by atoms with E-state index in [1.54, 1.807) is 0 Å². The molecule has 0 saturated heterocycles. The smallest absolute Gasteiger partial charge is 0.288 e. The summed E-state index contributed by atoms with van der Waals surface area (Å²) < 4.78 is 1.46. The van der Waals surface area contributed by atoms with Crippen LogP contribution in [0.25, 0.3) is 10.9 Å². The summed E-state index contributed by atoms with van der Waals surface area (Å²) in [5, 5.41) is 4.42. The molecule has 0 bridgehead atoms. The van der Waals surface area contributed by atoms with E-state index in [1.165, 1.54) is 4.73 Å². The van der Waals surface area contributed by atoms with Crippen molar-refractivity contribution in [3.63, 3.8) is 0 Å². The first-order valence-electron chi connectivity index (χ1n) is 6.86. The van der Waals surface area contributed by atoms with Crippen LogP contribution in [0.4, 0.5) is 5.69 Å². The molecule has 0 radical (unpaired) electrons. The maximum absolute atomic E-state index is 12.5. The van der Waals surface area contributed by atoms with E-state index in [1.807, 2.05) is 31.2 Å². The molecule has 1 aromatic carbocycles. The van der Waals surface area contributed by atoms with Crippen LogP contribution in [-0.4, -0.2) is 17.9 Å². The zero-order chi connectivity index (χ0) is 13.2. The Morgan fingerprint density at radius 2 is 2.21 bits per heavy atom. The molecule has 0 amide bonds. The average molecular weight is 258 g/mol. The number of para-hydroxylation sites is 1. The molecule has 0 unspecified atom stereocenters. The van der Waals surface area contributed by atoms with Crippen molar-refractivity contribution >= 4 is 16.6 Å². The van der Waals surface area contributed by atoms with Gasteiger partial charge in [-0.3, -0.25) is 4.79 Å². The van der Waals surface area contributed by atoms with E-state index in [9.17, 15) is 4.79 Å². The van der Waals surface area contributed by atoms with Crippen molar-refractivity contribution in [2.75, 3.05) is 18.5 Å². The van der Waals surface area contributed by atoms with Crippen LogP contribution in [-0.2, 0) is 6.42 Å². The van der Waals surface area contributed by atoms with Gasteiger partial charge in [0.1, 0.15) is 6.61 Å². The Morgan fingerprint density at radius 3 is 3.05 bits per heavy atom. The summed E-state index contributed by atoms with van der Waals surface area (Å²) in [6.07, 6.45) is 2.70. The van der Waals surface area contributed by atoms with Crippen LogP contribution in [0.15, 0.2) is 29.1 Å². The highest BCUT2D eigenvalue weighted by Gasteiger charge is 2.19. The number of pyridine rings is 1. The van der Waals surface area contributed by atoms with E-state index in [-0.39, 0.29) is 5.56 Å². The molecule has 19 heavy (non-hydrogen) atoms. The van der Waals surface area contributed by atoms with Crippen molar-refractivity contribution in [1.29, 1.82) is 0 Å². The van der Waals surface area contributed by atoms with E-state index < -0.39 is 0 Å². The topological polar surface area (TPSA) is 43.3 Å². The number of hydrogen-bond acceptors (Lipinski definition) is 3. The van der Waals surface area contributed by atoms with Crippen LogP contribution in [0.3, 0.4) is 0 Å². The number of benzene rings is 1. The summed E-state index contributed by atoms with van der Waals surface area (Å²) in [5.41, 5.74) is 2.66. The van der Waals surface area contributed by atoms with Gasteiger partial charge in [-0.15, -0.1) is 4.73 Å². The molecule has 4 nitrogen and oxygen atoms in total. The Labute approximate surface area is 112 Å². The molecule has 4 heteroatoms. The molecule has 0 saturated carbocycles. The first-order valence-corrected chi connectivity index (χ1v) is 6.86. The maximum atomic E-state index is 12.5. The Bertz CT molecular complexity index is 661. The molecule has 100 valence electrons. The van der Waals surface area contributed by atoms with Gasteiger partial charge in [-0.05, 0) is 25.3 Å². The van der Waals surface area contributed by atoms with E-state index in [2.05, 4.69) is 5.32 Å². The predicted molar refractivity (Wildman–Crippen MR) is 76.8 cm³/mol. The van der Waals surface area contributed by atoms with Crippen molar-refractivity contribution in [3.05, 3.63) is 40.2 Å². The van der Waals surface area contributed by atoms with Crippen molar-refractivity contribution in [2.45, 2.75) is 26.2 Å². The molecule has 0 fully saturated rings. The molecule has 2 aromatic rings. The average Bonchev–Trinajstić information content (AvgIpc) is 2.47. The molecule has 0 atom stereocenters. The van der Waals surface area contributed by atoms with Crippen LogP contribution in [0.1, 0.15) is 25.3 Å².